The normalized spacial score (nSPS) is 10.3. The van der Waals surface area contributed by atoms with Gasteiger partial charge in [0.2, 0.25) is 0 Å². The Hall–Kier alpha value is 0.278. The van der Waals surface area contributed by atoms with Crippen LogP contribution in [0, 0.1) is 17.7 Å². The first-order valence-electron chi connectivity index (χ1n) is 6.31. The van der Waals surface area contributed by atoms with E-state index in [-0.39, 0.29) is 0 Å². The third kappa shape index (κ3) is 6.50. The van der Waals surface area contributed by atoms with Crippen LogP contribution in [0.5, 0.6) is 0 Å². The molecule has 0 bridgehead atoms. The molecule has 0 saturated heterocycles. The second-order valence-corrected chi connectivity index (χ2v) is 9.81. The van der Waals surface area contributed by atoms with Crippen molar-refractivity contribution in [1.82, 2.24) is 10.5 Å². The van der Waals surface area contributed by atoms with E-state index in [4.69, 9.17) is 0 Å². The molecule has 2 aromatic rings. The Morgan fingerprint density at radius 1 is 1.24 bits per heavy atom. The summed E-state index contributed by atoms with van der Waals surface area (Å²) >= 11 is 6.81. The number of hydrogen-bond donors (Lipinski definition) is 0. The van der Waals surface area contributed by atoms with Gasteiger partial charge in [-0.05, 0) is 30.5 Å². The summed E-state index contributed by atoms with van der Waals surface area (Å²) in [5.74, 6) is 0. The summed E-state index contributed by atoms with van der Waals surface area (Å²) in [7, 11) is 2.00. The average molecular weight is 690 g/mol. The van der Waals surface area contributed by atoms with Crippen LogP contribution in [-0.4, -0.2) is 10.5 Å². The monoisotopic (exact) mass is 690 g/mol. The minimum absolute atomic E-state index is 1.00. The SMILES string of the molecule is C=Cn1ccn(C)[c]1=[Pt].Cc1ccc(CN(I)I)cc1C. The molecule has 3 nitrogen and oxygen atoms in total. The Labute approximate surface area is 165 Å². The fourth-order valence-corrected chi connectivity index (χ4v) is 2.97. The molecule has 0 spiro atoms. The Morgan fingerprint density at radius 2 is 1.90 bits per heavy atom. The number of halogens is 2. The van der Waals surface area contributed by atoms with Crippen LogP contribution in [0.2, 0.25) is 0 Å². The number of hydrogen-bond acceptors (Lipinski definition) is 1. The first-order valence-corrected chi connectivity index (χ1v) is 9.38. The number of aromatic nitrogens is 2. The molecule has 0 amide bonds. The molecule has 0 saturated carbocycles. The molecule has 0 aliphatic rings. The van der Waals surface area contributed by atoms with Crippen molar-refractivity contribution in [2.24, 2.45) is 7.05 Å². The van der Waals surface area contributed by atoms with Crippen LogP contribution in [0.4, 0.5) is 0 Å². The molecule has 118 valence electrons. The fraction of sp³-hybridized carbons (Fsp3) is 0.267. The minimum atomic E-state index is 1.00. The van der Waals surface area contributed by atoms with Crippen molar-refractivity contribution in [3.05, 3.63) is 57.7 Å². The van der Waals surface area contributed by atoms with Crippen molar-refractivity contribution in [1.29, 1.82) is 0 Å². The van der Waals surface area contributed by atoms with Crippen LogP contribution in [-0.2, 0) is 32.9 Å². The molecule has 0 fully saturated rings. The fourth-order valence-electron chi connectivity index (χ4n) is 1.64. The molecule has 1 aromatic heterocycles. The molecule has 2 rings (SSSR count). The van der Waals surface area contributed by atoms with Crippen molar-refractivity contribution in [2.75, 3.05) is 0 Å². The van der Waals surface area contributed by atoms with E-state index in [1.165, 1.54) is 16.7 Å². The van der Waals surface area contributed by atoms with E-state index in [1.54, 1.807) is 6.20 Å². The Balaban J connectivity index is 0.000000219. The first kappa shape index (κ1) is 19.3. The van der Waals surface area contributed by atoms with Crippen molar-refractivity contribution in [2.45, 2.75) is 20.4 Å². The summed E-state index contributed by atoms with van der Waals surface area (Å²) in [6.45, 7) is 8.95. The van der Waals surface area contributed by atoms with E-state index in [9.17, 15) is 0 Å². The summed E-state index contributed by atoms with van der Waals surface area (Å²) in [5.41, 5.74) is 4.12. The van der Waals surface area contributed by atoms with Gasteiger partial charge in [0, 0.05) is 52.3 Å². The molecule has 1 aromatic carbocycles. The van der Waals surface area contributed by atoms with Gasteiger partial charge in [-0.15, -0.1) is 0 Å². The van der Waals surface area contributed by atoms with Gasteiger partial charge in [0.25, 0.3) is 0 Å². The van der Waals surface area contributed by atoms with Crippen LogP contribution in [0.1, 0.15) is 16.7 Å². The quantitative estimate of drug-likeness (QED) is 0.333. The maximum atomic E-state index is 3.65. The first-order chi connectivity index (χ1) is 9.85. The number of benzene rings is 1. The molecular formula is C15H19I2N3Pt. The molecule has 0 radical (unpaired) electrons. The maximum Gasteiger partial charge on any atom is 0.0436 e. The van der Waals surface area contributed by atoms with Gasteiger partial charge >= 0.3 is 64.5 Å². The van der Waals surface area contributed by atoms with E-state index in [1.807, 2.05) is 28.6 Å². The smallest absolute Gasteiger partial charge is 0.0436 e. The van der Waals surface area contributed by atoms with E-state index in [0.717, 1.165) is 10.3 Å². The summed E-state index contributed by atoms with van der Waals surface area (Å²) in [4.78, 5) is 0. The van der Waals surface area contributed by atoms with Crippen molar-refractivity contribution in [3.63, 3.8) is 0 Å². The standard InChI is InChI=1S/C9H11I2N.C6H8N2.Pt/c1-7-3-4-9(5-8(7)2)6-12(10)11;1-3-8-5-4-7(2)6-8;/h3-5H,6H2,1-2H3;3-5H,1H2,2H3;. The van der Waals surface area contributed by atoms with Crippen LogP contribution in [0.3, 0.4) is 0 Å². The number of nitrogens with zero attached hydrogens (tertiary/aromatic N) is 3. The minimum Gasteiger partial charge on any atom is -0.184 e. The Bertz CT molecular complexity index is 659. The second-order valence-electron chi connectivity index (χ2n) is 4.62. The van der Waals surface area contributed by atoms with Gasteiger partial charge in [0.05, 0.1) is 0 Å². The zero-order valence-corrected chi connectivity index (χ0v) is 18.9. The molecule has 0 unspecified atom stereocenters. The second kappa shape index (κ2) is 9.42. The average Bonchev–Trinajstić information content (AvgIpc) is 2.74. The molecule has 1 heterocycles. The van der Waals surface area contributed by atoms with Crippen LogP contribution in [0.25, 0.3) is 6.20 Å². The Kier molecular flexibility index (Phi) is 8.67. The van der Waals surface area contributed by atoms with Crippen molar-refractivity contribution in [3.8, 4) is 0 Å². The van der Waals surface area contributed by atoms with Gasteiger partial charge in [-0.1, -0.05) is 18.2 Å². The van der Waals surface area contributed by atoms with Gasteiger partial charge in [-0.25, -0.2) is 0 Å². The van der Waals surface area contributed by atoms with Crippen LogP contribution < -0.4 is 0 Å². The Morgan fingerprint density at radius 3 is 2.29 bits per heavy atom. The summed E-state index contributed by atoms with van der Waals surface area (Å²) in [6, 6.07) is 6.62. The summed E-state index contributed by atoms with van der Waals surface area (Å²) < 4.78 is 7.27. The topological polar surface area (TPSA) is 13.1 Å². The third-order valence-electron chi connectivity index (χ3n) is 2.99. The predicted octanol–water partition coefficient (Wildman–Crippen LogP) is 4.81. The molecule has 0 aliphatic carbocycles. The number of imidazole rings is 1. The van der Waals surface area contributed by atoms with Crippen molar-refractivity contribution >= 4 is 51.9 Å². The number of aryl methyl sites for hydroxylation is 3. The number of rotatable bonds is 3. The molecule has 0 N–H and O–H groups in total. The summed E-state index contributed by atoms with van der Waals surface area (Å²) in [5, 5.41) is 0. The van der Waals surface area contributed by atoms with Gasteiger partial charge in [0.15, 0.2) is 0 Å². The van der Waals surface area contributed by atoms with Gasteiger partial charge < -0.3 is 0 Å². The van der Waals surface area contributed by atoms with Crippen molar-refractivity contribution < 1.29 is 19.4 Å². The maximum absolute atomic E-state index is 3.65. The molecule has 21 heavy (non-hydrogen) atoms. The molecule has 0 atom stereocenters. The molecule has 0 aliphatic heterocycles. The third-order valence-corrected chi connectivity index (χ3v) is 5.06. The van der Waals surface area contributed by atoms with Crippen LogP contribution in [0.15, 0.2) is 37.2 Å². The molecular weight excluding hydrogens is 671 g/mol. The van der Waals surface area contributed by atoms with Gasteiger partial charge in [-0.2, -0.15) is 1.33 Å². The zero-order valence-electron chi connectivity index (χ0n) is 12.3. The predicted molar refractivity (Wildman–Crippen MR) is 103 cm³/mol. The molecule has 6 heteroatoms. The van der Waals surface area contributed by atoms with E-state index < -0.39 is 0 Å². The summed E-state index contributed by atoms with van der Waals surface area (Å²) in [6.07, 6.45) is 5.74. The van der Waals surface area contributed by atoms with E-state index in [2.05, 4.69) is 105 Å². The van der Waals surface area contributed by atoms with Gasteiger partial charge in [0.1, 0.15) is 0 Å². The zero-order chi connectivity index (χ0) is 16.0. The van der Waals surface area contributed by atoms with E-state index >= 15 is 0 Å². The van der Waals surface area contributed by atoms with Gasteiger partial charge in [-0.3, -0.25) is 0 Å². The largest absolute Gasteiger partial charge is 0.184 e. The van der Waals surface area contributed by atoms with Crippen LogP contribution >= 0.6 is 45.7 Å². The van der Waals surface area contributed by atoms with E-state index in [0.29, 0.717) is 0 Å².